The summed E-state index contributed by atoms with van der Waals surface area (Å²) in [5, 5.41) is 0. The van der Waals surface area contributed by atoms with Crippen LogP contribution in [0, 0.1) is 41.4 Å². The Morgan fingerprint density at radius 3 is 2.44 bits per heavy atom. The largest absolute Gasteiger partial charge is 0.0848 e. The first-order valence-electron chi connectivity index (χ1n) is 7.04. The first-order chi connectivity index (χ1) is 7.68. The molecule has 4 aliphatic rings. The molecule has 16 heavy (non-hydrogen) atoms. The van der Waals surface area contributed by atoms with E-state index in [4.69, 9.17) is 0 Å². The van der Waals surface area contributed by atoms with Crippen LogP contribution in [0.2, 0.25) is 0 Å². The third kappa shape index (κ3) is 0.893. The fourth-order valence-electron chi connectivity index (χ4n) is 5.94. The molecule has 0 amide bonds. The highest BCUT2D eigenvalue weighted by atomic mass is 14.7. The first-order valence-corrected chi connectivity index (χ1v) is 7.04. The molecule has 0 aromatic rings. The predicted molar refractivity (Wildman–Crippen MR) is 66.9 cm³/mol. The van der Waals surface area contributed by atoms with Gasteiger partial charge in [-0.1, -0.05) is 30.2 Å². The van der Waals surface area contributed by atoms with Crippen LogP contribution in [-0.2, 0) is 0 Å². The second kappa shape index (κ2) is 2.83. The average Bonchev–Trinajstić information content (AvgIpc) is 2.92. The van der Waals surface area contributed by atoms with Gasteiger partial charge in [-0.25, -0.2) is 0 Å². The van der Waals surface area contributed by atoms with Crippen molar-refractivity contribution in [3.8, 4) is 0 Å². The van der Waals surface area contributed by atoms with Crippen LogP contribution >= 0.6 is 0 Å². The maximum absolute atomic E-state index is 2.54. The second-order valence-corrected chi connectivity index (χ2v) is 6.85. The number of rotatable bonds is 0. The molecular formula is C16H22. The number of hydrogen-bond acceptors (Lipinski definition) is 0. The molecule has 86 valence electrons. The van der Waals surface area contributed by atoms with Crippen molar-refractivity contribution in [2.24, 2.45) is 41.4 Å². The summed E-state index contributed by atoms with van der Waals surface area (Å²) in [7, 11) is 0. The van der Waals surface area contributed by atoms with Crippen LogP contribution in [0.3, 0.4) is 0 Å². The monoisotopic (exact) mass is 214 g/mol. The van der Waals surface area contributed by atoms with Crippen molar-refractivity contribution in [3.05, 3.63) is 23.3 Å². The lowest BCUT2D eigenvalue weighted by molar-refractivity contribution is 0.202. The molecule has 4 aliphatic carbocycles. The Balaban J connectivity index is 1.80. The van der Waals surface area contributed by atoms with Crippen molar-refractivity contribution in [2.75, 3.05) is 0 Å². The normalized spacial score (nSPS) is 56.2. The fourth-order valence-corrected chi connectivity index (χ4v) is 5.94. The second-order valence-electron chi connectivity index (χ2n) is 6.85. The van der Waals surface area contributed by atoms with E-state index in [2.05, 4.69) is 32.9 Å². The van der Waals surface area contributed by atoms with Crippen LogP contribution in [0.5, 0.6) is 0 Å². The van der Waals surface area contributed by atoms with Gasteiger partial charge in [-0.15, -0.1) is 0 Å². The molecule has 7 atom stereocenters. The van der Waals surface area contributed by atoms with Crippen molar-refractivity contribution in [2.45, 2.75) is 33.6 Å². The van der Waals surface area contributed by atoms with E-state index in [0.717, 1.165) is 41.4 Å². The van der Waals surface area contributed by atoms with Crippen LogP contribution in [0.25, 0.3) is 0 Å². The summed E-state index contributed by atoms with van der Waals surface area (Å²) in [6.45, 7) is 7.17. The molecule has 7 unspecified atom stereocenters. The van der Waals surface area contributed by atoms with Crippen molar-refractivity contribution >= 4 is 0 Å². The number of allylic oxidation sites excluding steroid dienone is 4. The lowest BCUT2D eigenvalue weighted by Crippen LogP contribution is -2.31. The van der Waals surface area contributed by atoms with Crippen LogP contribution < -0.4 is 0 Å². The molecule has 0 heterocycles. The first kappa shape index (κ1) is 9.50. The molecule has 0 aliphatic heterocycles. The molecule has 3 fully saturated rings. The Morgan fingerprint density at radius 1 is 1.06 bits per heavy atom. The van der Waals surface area contributed by atoms with Crippen LogP contribution in [0.4, 0.5) is 0 Å². The lowest BCUT2D eigenvalue weighted by atomic mass is 9.67. The van der Waals surface area contributed by atoms with Gasteiger partial charge in [0, 0.05) is 0 Å². The Bertz CT molecular complexity index is 396. The Hall–Kier alpha value is -0.520. The van der Waals surface area contributed by atoms with Crippen molar-refractivity contribution < 1.29 is 0 Å². The van der Waals surface area contributed by atoms with Crippen molar-refractivity contribution in [3.63, 3.8) is 0 Å². The van der Waals surface area contributed by atoms with Gasteiger partial charge in [0.2, 0.25) is 0 Å². The van der Waals surface area contributed by atoms with Crippen LogP contribution in [0.15, 0.2) is 23.3 Å². The maximum Gasteiger partial charge on any atom is -0.0158 e. The van der Waals surface area contributed by atoms with Gasteiger partial charge in [0.05, 0.1) is 0 Å². The highest BCUT2D eigenvalue weighted by molar-refractivity contribution is 5.33. The molecule has 0 aromatic carbocycles. The van der Waals surface area contributed by atoms with E-state index >= 15 is 0 Å². The Labute approximate surface area is 98.8 Å². The molecule has 0 radical (unpaired) electrons. The molecule has 0 N–H and O–H groups in total. The van der Waals surface area contributed by atoms with Crippen molar-refractivity contribution in [1.82, 2.24) is 0 Å². The molecule has 0 aromatic heterocycles. The molecule has 0 nitrogen and oxygen atoms in total. The van der Waals surface area contributed by atoms with Gasteiger partial charge in [0.25, 0.3) is 0 Å². The Morgan fingerprint density at radius 2 is 1.75 bits per heavy atom. The standard InChI is InChI=1S/C16H22/c1-8(2)14-9(3)12-7-13(14)16-11-5-4-10(6-11)15(12)16/h4-5,9-13,15-16H,6-7H2,1-3H3. The third-order valence-corrected chi connectivity index (χ3v) is 6.18. The smallest absolute Gasteiger partial charge is 0.0158 e. The van der Waals surface area contributed by atoms with E-state index < -0.39 is 0 Å². The molecule has 4 bridgehead atoms. The van der Waals surface area contributed by atoms with E-state index in [1.165, 1.54) is 12.8 Å². The van der Waals surface area contributed by atoms with Crippen LogP contribution in [-0.4, -0.2) is 0 Å². The van der Waals surface area contributed by atoms with Gasteiger partial charge in [-0.3, -0.25) is 0 Å². The lowest BCUT2D eigenvalue weighted by Gasteiger charge is -2.38. The minimum atomic E-state index is 0.893. The number of fused-ring (bicyclic) bond motifs is 9. The van der Waals surface area contributed by atoms with E-state index in [1.807, 2.05) is 5.57 Å². The SMILES string of the molecule is CC(C)=C1C(C)C2CC1C1C3C=CC(C3)C21. The zero-order valence-corrected chi connectivity index (χ0v) is 10.6. The molecule has 4 rings (SSSR count). The zero-order chi connectivity index (χ0) is 11.0. The third-order valence-electron chi connectivity index (χ3n) is 6.18. The summed E-state index contributed by atoms with van der Waals surface area (Å²) in [5.41, 5.74) is 3.48. The van der Waals surface area contributed by atoms with E-state index in [9.17, 15) is 0 Å². The summed E-state index contributed by atoms with van der Waals surface area (Å²) >= 11 is 0. The predicted octanol–water partition coefficient (Wildman–Crippen LogP) is 4.05. The molecule has 0 heteroatoms. The molecular weight excluding hydrogens is 192 g/mol. The highest BCUT2D eigenvalue weighted by Crippen LogP contribution is 2.68. The summed E-state index contributed by atoms with van der Waals surface area (Å²) < 4.78 is 0. The molecule has 0 spiro atoms. The summed E-state index contributed by atoms with van der Waals surface area (Å²) in [6.07, 6.45) is 8.10. The van der Waals surface area contributed by atoms with Gasteiger partial charge in [0.15, 0.2) is 0 Å². The van der Waals surface area contributed by atoms with Crippen LogP contribution in [0.1, 0.15) is 33.6 Å². The fraction of sp³-hybridized carbons (Fsp3) is 0.750. The van der Waals surface area contributed by atoms with Gasteiger partial charge < -0.3 is 0 Å². The van der Waals surface area contributed by atoms with E-state index in [-0.39, 0.29) is 0 Å². The Kier molecular flexibility index (Phi) is 1.68. The summed E-state index contributed by atoms with van der Waals surface area (Å²) in [4.78, 5) is 0. The highest BCUT2D eigenvalue weighted by Gasteiger charge is 2.61. The molecule has 3 saturated carbocycles. The molecule has 0 saturated heterocycles. The van der Waals surface area contributed by atoms with Gasteiger partial charge >= 0.3 is 0 Å². The van der Waals surface area contributed by atoms with Gasteiger partial charge in [0.1, 0.15) is 0 Å². The van der Waals surface area contributed by atoms with Gasteiger partial charge in [-0.05, 0) is 68.1 Å². The summed E-state index contributed by atoms with van der Waals surface area (Å²) in [5.74, 6) is 6.91. The van der Waals surface area contributed by atoms with E-state index in [1.54, 1.807) is 5.57 Å². The maximum atomic E-state index is 2.54. The average molecular weight is 214 g/mol. The van der Waals surface area contributed by atoms with Crippen molar-refractivity contribution in [1.29, 1.82) is 0 Å². The van der Waals surface area contributed by atoms with Gasteiger partial charge in [-0.2, -0.15) is 0 Å². The number of hydrogen-bond donors (Lipinski definition) is 0. The van der Waals surface area contributed by atoms with E-state index in [0.29, 0.717) is 0 Å². The minimum absolute atomic E-state index is 0.893. The quantitative estimate of drug-likeness (QED) is 0.421. The topological polar surface area (TPSA) is 0 Å². The minimum Gasteiger partial charge on any atom is -0.0848 e. The summed E-state index contributed by atoms with van der Waals surface area (Å²) in [6, 6.07) is 0. The zero-order valence-electron chi connectivity index (χ0n) is 10.6.